The topological polar surface area (TPSA) is 42.4 Å². The highest BCUT2D eigenvalue weighted by Gasteiger charge is 2.30. The number of hydrogen-bond donors (Lipinski definition) is 0. The van der Waals surface area contributed by atoms with Gasteiger partial charge in [0.25, 0.3) is 0 Å². The van der Waals surface area contributed by atoms with Crippen molar-refractivity contribution < 1.29 is 9.53 Å². The Hall–Kier alpha value is -2.53. The van der Waals surface area contributed by atoms with Crippen LogP contribution in [0.4, 0.5) is 5.69 Å². The molecule has 27 heavy (non-hydrogen) atoms. The van der Waals surface area contributed by atoms with Crippen molar-refractivity contribution in [3.8, 4) is 5.75 Å². The number of fused-ring (bicyclic) bond motifs is 2. The van der Waals surface area contributed by atoms with Crippen LogP contribution in [0.1, 0.15) is 18.1 Å². The first-order chi connectivity index (χ1) is 13.1. The molecule has 0 bridgehead atoms. The van der Waals surface area contributed by atoms with Crippen molar-refractivity contribution in [2.45, 2.75) is 31.3 Å². The molecule has 1 amide bonds. The lowest BCUT2D eigenvalue weighted by atomic mass is 10.1. The fourth-order valence-electron chi connectivity index (χ4n) is 3.66. The lowest BCUT2D eigenvalue weighted by Crippen LogP contribution is -2.37. The number of amides is 1. The molecule has 1 atom stereocenters. The maximum absolute atomic E-state index is 12.9. The summed E-state index contributed by atoms with van der Waals surface area (Å²) < 4.78 is 5.28. The molecule has 1 aliphatic heterocycles. The Balaban J connectivity index is 1.53. The summed E-state index contributed by atoms with van der Waals surface area (Å²) in [7, 11) is 1.66. The van der Waals surface area contributed by atoms with Gasteiger partial charge in [0.2, 0.25) is 5.91 Å². The second-order valence-corrected chi connectivity index (χ2v) is 7.87. The molecule has 0 radical (unpaired) electrons. The van der Waals surface area contributed by atoms with Crippen molar-refractivity contribution >= 4 is 34.3 Å². The first-order valence-electron chi connectivity index (χ1n) is 9.05. The van der Waals surface area contributed by atoms with E-state index in [9.17, 15) is 4.79 Å². The Morgan fingerprint density at radius 1 is 1.26 bits per heavy atom. The molecule has 4 rings (SSSR count). The lowest BCUT2D eigenvalue weighted by molar-refractivity contribution is -0.116. The average Bonchev–Trinajstić information content (AvgIpc) is 3.01. The molecule has 0 aliphatic carbocycles. The van der Waals surface area contributed by atoms with Crippen LogP contribution in [0.5, 0.6) is 5.75 Å². The summed E-state index contributed by atoms with van der Waals surface area (Å²) in [6, 6.07) is 16.3. The predicted molar refractivity (Wildman–Crippen MR) is 111 cm³/mol. The lowest BCUT2D eigenvalue weighted by Gasteiger charge is -2.22. The van der Waals surface area contributed by atoms with Crippen LogP contribution in [-0.4, -0.2) is 29.8 Å². The van der Waals surface area contributed by atoms with Crippen LogP contribution in [0, 0.1) is 6.92 Å². The van der Waals surface area contributed by atoms with Gasteiger partial charge in [-0.15, -0.1) is 0 Å². The zero-order chi connectivity index (χ0) is 19.0. The van der Waals surface area contributed by atoms with Gasteiger partial charge in [0.1, 0.15) is 10.8 Å². The molecule has 0 fully saturated rings. The Bertz CT molecular complexity index is 1020. The molecule has 138 valence electrons. The fourth-order valence-corrected chi connectivity index (χ4v) is 4.51. The highest BCUT2D eigenvalue weighted by molar-refractivity contribution is 8.00. The van der Waals surface area contributed by atoms with E-state index < -0.39 is 0 Å². The molecule has 0 spiro atoms. The minimum absolute atomic E-state index is 0.133. The Labute approximate surface area is 163 Å². The van der Waals surface area contributed by atoms with Crippen molar-refractivity contribution in [3.05, 3.63) is 59.7 Å². The molecule has 0 saturated heterocycles. The number of ether oxygens (including phenoxy) is 1. The van der Waals surface area contributed by atoms with Gasteiger partial charge in [0.05, 0.1) is 18.4 Å². The Morgan fingerprint density at radius 2 is 2.07 bits per heavy atom. The van der Waals surface area contributed by atoms with Crippen molar-refractivity contribution in [2.24, 2.45) is 0 Å². The largest absolute Gasteiger partial charge is 0.497 e. The van der Waals surface area contributed by atoms with Crippen molar-refractivity contribution in [2.75, 3.05) is 17.8 Å². The number of aromatic nitrogens is 1. The van der Waals surface area contributed by atoms with E-state index >= 15 is 0 Å². The molecule has 1 unspecified atom stereocenters. The number of methoxy groups -OCH3 is 1. The monoisotopic (exact) mass is 378 g/mol. The maximum atomic E-state index is 12.9. The molecule has 0 saturated carbocycles. The molecule has 3 aromatic rings. The van der Waals surface area contributed by atoms with Crippen LogP contribution in [0.3, 0.4) is 0 Å². The summed E-state index contributed by atoms with van der Waals surface area (Å²) in [6.07, 6.45) is 0.918. The van der Waals surface area contributed by atoms with Gasteiger partial charge in [-0.3, -0.25) is 4.79 Å². The van der Waals surface area contributed by atoms with E-state index in [4.69, 9.17) is 9.72 Å². The van der Waals surface area contributed by atoms with E-state index in [0.29, 0.717) is 5.75 Å². The summed E-state index contributed by atoms with van der Waals surface area (Å²) in [5.41, 5.74) is 4.28. The molecule has 1 aliphatic rings. The van der Waals surface area contributed by atoms with Gasteiger partial charge < -0.3 is 9.64 Å². The highest BCUT2D eigenvalue weighted by Crippen LogP contribution is 2.33. The van der Waals surface area contributed by atoms with Crippen molar-refractivity contribution in [1.29, 1.82) is 0 Å². The molecule has 4 nitrogen and oxygen atoms in total. The minimum Gasteiger partial charge on any atom is -0.497 e. The standard InChI is InChI=1S/C22H22N2O2S/c1-14-10-17-12-18(26-3)8-9-19(17)23-22(14)27-13-21(25)24-15(2)11-16-6-4-5-7-20(16)24/h4-10,12,15H,11,13H2,1-3H3. The normalized spacial score (nSPS) is 15.8. The summed E-state index contributed by atoms with van der Waals surface area (Å²) in [6.45, 7) is 4.14. The van der Waals surface area contributed by atoms with Gasteiger partial charge >= 0.3 is 0 Å². The van der Waals surface area contributed by atoms with E-state index in [1.165, 1.54) is 17.3 Å². The molecule has 0 N–H and O–H groups in total. The second kappa shape index (κ2) is 7.24. The van der Waals surface area contributed by atoms with Crippen LogP contribution in [0.15, 0.2) is 53.6 Å². The number of rotatable bonds is 4. The molecule has 5 heteroatoms. The maximum Gasteiger partial charge on any atom is 0.237 e. The molecular weight excluding hydrogens is 356 g/mol. The van der Waals surface area contributed by atoms with Gasteiger partial charge in [-0.1, -0.05) is 30.0 Å². The van der Waals surface area contributed by atoms with Gasteiger partial charge in [-0.05, 0) is 61.7 Å². The van der Waals surface area contributed by atoms with E-state index in [1.54, 1.807) is 7.11 Å². The van der Waals surface area contributed by atoms with E-state index in [1.807, 2.05) is 48.2 Å². The van der Waals surface area contributed by atoms with Gasteiger partial charge in [0, 0.05) is 17.1 Å². The quantitative estimate of drug-likeness (QED) is 0.621. The number of carbonyl (C=O) groups is 1. The van der Waals surface area contributed by atoms with Crippen LogP contribution in [0.2, 0.25) is 0 Å². The molecule has 2 heterocycles. The third kappa shape index (κ3) is 3.39. The number of thioether (sulfide) groups is 1. The summed E-state index contributed by atoms with van der Waals surface area (Å²) in [5.74, 6) is 1.34. The van der Waals surface area contributed by atoms with Gasteiger partial charge in [-0.25, -0.2) is 4.98 Å². The summed E-state index contributed by atoms with van der Waals surface area (Å²) >= 11 is 1.51. The first kappa shape index (κ1) is 17.9. The van der Waals surface area contributed by atoms with Gasteiger partial charge in [-0.2, -0.15) is 0 Å². The zero-order valence-corrected chi connectivity index (χ0v) is 16.5. The Morgan fingerprint density at radius 3 is 2.89 bits per heavy atom. The highest BCUT2D eigenvalue weighted by atomic mass is 32.2. The molecular formula is C22H22N2O2S. The number of aryl methyl sites for hydroxylation is 1. The number of nitrogens with zero attached hydrogens (tertiary/aromatic N) is 2. The van der Waals surface area contributed by atoms with Crippen LogP contribution < -0.4 is 9.64 Å². The number of para-hydroxylation sites is 1. The van der Waals surface area contributed by atoms with E-state index in [-0.39, 0.29) is 11.9 Å². The number of hydrogen-bond acceptors (Lipinski definition) is 4. The summed E-state index contributed by atoms with van der Waals surface area (Å²) in [5, 5.41) is 1.95. The smallest absolute Gasteiger partial charge is 0.237 e. The predicted octanol–water partition coefficient (Wildman–Crippen LogP) is 4.62. The van der Waals surface area contributed by atoms with Crippen molar-refractivity contribution in [1.82, 2.24) is 4.98 Å². The number of anilines is 1. The SMILES string of the molecule is COc1ccc2nc(SCC(=O)N3c4ccccc4CC3C)c(C)cc2c1. The molecule has 1 aromatic heterocycles. The number of carbonyl (C=O) groups excluding carboxylic acids is 1. The van der Waals surface area contributed by atoms with Crippen LogP contribution in [-0.2, 0) is 11.2 Å². The van der Waals surface area contributed by atoms with E-state index in [2.05, 4.69) is 19.1 Å². The summed E-state index contributed by atoms with van der Waals surface area (Å²) in [4.78, 5) is 19.6. The van der Waals surface area contributed by atoms with Crippen molar-refractivity contribution in [3.63, 3.8) is 0 Å². The third-order valence-corrected chi connectivity index (χ3v) is 6.05. The van der Waals surface area contributed by atoms with Gasteiger partial charge in [0.15, 0.2) is 0 Å². The third-order valence-electron chi connectivity index (χ3n) is 4.97. The minimum atomic E-state index is 0.133. The second-order valence-electron chi connectivity index (χ2n) is 6.90. The van der Waals surface area contributed by atoms with Crippen LogP contribution >= 0.6 is 11.8 Å². The Kier molecular flexibility index (Phi) is 4.79. The number of benzene rings is 2. The number of pyridine rings is 1. The zero-order valence-electron chi connectivity index (χ0n) is 15.7. The van der Waals surface area contributed by atoms with E-state index in [0.717, 1.165) is 39.4 Å². The molecule has 2 aromatic carbocycles. The fraction of sp³-hybridized carbons (Fsp3) is 0.273. The average molecular weight is 378 g/mol. The first-order valence-corrected chi connectivity index (χ1v) is 10.0. The van der Waals surface area contributed by atoms with Crippen LogP contribution in [0.25, 0.3) is 10.9 Å².